The fourth-order valence-corrected chi connectivity index (χ4v) is 5.79. The molecule has 6 rings (SSSR count). The number of hydrogen-bond acceptors (Lipinski definition) is 7. The van der Waals surface area contributed by atoms with Crippen molar-refractivity contribution in [3.8, 4) is 0 Å². The van der Waals surface area contributed by atoms with Gasteiger partial charge < -0.3 is 24.9 Å². The number of nitrogens with zero attached hydrogens (tertiary/aromatic N) is 7. The van der Waals surface area contributed by atoms with E-state index in [9.17, 15) is 9.59 Å². The van der Waals surface area contributed by atoms with E-state index in [2.05, 4.69) is 45.9 Å². The fourth-order valence-electron chi connectivity index (χ4n) is 5.79. The largest absolute Gasteiger partial charge is 0.369 e. The Kier molecular flexibility index (Phi) is 6.85. The molecule has 10 nitrogen and oxygen atoms in total. The predicted octanol–water partition coefficient (Wildman–Crippen LogP) is 4.01. The smallest absolute Gasteiger partial charge is 0.326 e. The number of anilines is 5. The van der Waals surface area contributed by atoms with Crippen molar-refractivity contribution in [2.24, 2.45) is 0 Å². The van der Waals surface area contributed by atoms with Gasteiger partial charge in [-0.15, -0.1) is 0 Å². The van der Waals surface area contributed by atoms with Crippen LogP contribution >= 0.6 is 0 Å². The fraction of sp³-hybridized carbons (Fsp3) is 0.333. The predicted molar refractivity (Wildman–Crippen MR) is 157 cm³/mol. The Balaban J connectivity index is 1.19. The zero-order chi connectivity index (χ0) is 27.8. The maximum atomic E-state index is 13.6. The Bertz CT molecular complexity index is 1430. The molecule has 0 spiro atoms. The van der Waals surface area contributed by atoms with Crippen molar-refractivity contribution in [1.29, 1.82) is 0 Å². The number of benzene rings is 2. The molecule has 40 heavy (non-hydrogen) atoms. The minimum absolute atomic E-state index is 0.128. The van der Waals surface area contributed by atoms with Gasteiger partial charge in [-0.05, 0) is 55.4 Å². The molecule has 1 aromatic heterocycles. The summed E-state index contributed by atoms with van der Waals surface area (Å²) < 4.78 is 0. The first-order valence-electron chi connectivity index (χ1n) is 13.7. The van der Waals surface area contributed by atoms with Crippen LogP contribution in [0.15, 0.2) is 67.4 Å². The van der Waals surface area contributed by atoms with E-state index in [4.69, 9.17) is 4.98 Å². The zero-order valence-corrected chi connectivity index (χ0v) is 23.0. The SMILES string of the molecule is C=CC(=O)N1CCC(N2Cc3cnc(Nc4ccc(N5CCN(C)CC5)cc4)nc3N(C)C2=O)c2ccccc21. The van der Waals surface area contributed by atoms with Crippen LogP contribution in [0, 0.1) is 0 Å². The summed E-state index contributed by atoms with van der Waals surface area (Å²) >= 11 is 0. The molecule has 1 saturated heterocycles. The van der Waals surface area contributed by atoms with Gasteiger partial charge in [-0.3, -0.25) is 9.69 Å². The number of urea groups is 1. The second kappa shape index (κ2) is 10.6. The molecule has 0 saturated carbocycles. The van der Waals surface area contributed by atoms with E-state index in [1.165, 1.54) is 11.8 Å². The van der Waals surface area contributed by atoms with Gasteiger partial charge in [0.2, 0.25) is 11.9 Å². The topological polar surface area (TPSA) is 88.2 Å². The lowest BCUT2D eigenvalue weighted by Gasteiger charge is -2.43. The van der Waals surface area contributed by atoms with Crippen molar-refractivity contribution >= 4 is 40.8 Å². The first-order chi connectivity index (χ1) is 19.4. The average molecular weight is 539 g/mol. The number of nitrogens with one attached hydrogen (secondary N) is 1. The molecule has 206 valence electrons. The first kappa shape index (κ1) is 25.8. The lowest BCUT2D eigenvalue weighted by Crippen LogP contribution is -2.49. The van der Waals surface area contributed by atoms with Crippen molar-refractivity contribution in [3.63, 3.8) is 0 Å². The second-order valence-corrected chi connectivity index (χ2v) is 10.5. The highest BCUT2D eigenvalue weighted by atomic mass is 16.2. The average Bonchev–Trinajstić information content (AvgIpc) is 2.99. The minimum atomic E-state index is -0.162. The number of carbonyl (C=O) groups is 2. The van der Waals surface area contributed by atoms with E-state index in [1.54, 1.807) is 23.0 Å². The van der Waals surface area contributed by atoms with Crippen LogP contribution in [-0.2, 0) is 11.3 Å². The normalized spacial score (nSPS) is 19.2. The molecular weight excluding hydrogens is 504 g/mol. The van der Waals surface area contributed by atoms with Gasteiger partial charge in [-0.1, -0.05) is 24.8 Å². The van der Waals surface area contributed by atoms with E-state index >= 15 is 0 Å². The molecule has 0 radical (unpaired) electrons. The van der Waals surface area contributed by atoms with Gasteiger partial charge in [-0.25, -0.2) is 9.78 Å². The second-order valence-electron chi connectivity index (χ2n) is 10.5. The summed E-state index contributed by atoms with van der Waals surface area (Å²) in [6.07, 6.45) is 3.76. The van der Waals surface area contributed by atoms with Gasteiger partial charge in [-0.2, -0.15) is 4.98 Å². The number of amides is 3. The van der Waals surface area contributed by atoms with Gasteiger partial charge in [0, 0.05) is 68.6 Å². The minimum Gasteiger partial charge on any atom is -0.369 e. The van der Waals surface area contributed by atoms with Gasteiger partial charge in [0.15, 0.2) is 0 Å². The van der Waals surface area contributed by atoms with Crippen LogP contribution in [0.3, 0.4) is 0 Å². The van der Waals surface area contributed by atoms with Crippen molar-refractivity contribution in [3.05, 3.63) is 78.5 Å². The van der Waals surface area contributed by atoms with E-state index in [0.717, 1.165) is 48.7 Å². The van der Waals surface area contributed by atoms with E-state index < -0.39 is 0 Å². The van der Waals surface area contributed by atoms with Gasteiger partial charge in [0.25, 0.3) is 0 Å². The van der Waals surface area contributed by atoms with Crippen molar-refractivity contribution in [2.45, 2.75) is 19.0 Å². The summed E-state index contributed by atoms with van der Waals surface area (Å²) in [5.41, 5.74) is 4.74. The molecule has 3 aliphatic rings. The lowest BCUT2D eigenvalue weighted by atomic mass is 9.94. The molecule has 0 aliphatic carbocycles. The van der Waals surface area contributed by atoms with Crippen LogP contribution in [0.5, 0.6) is 0 Å². The number of rotatable bonds is 5. The van der Waals surface area contributed by atoms with Gasteiger partial charge in [0.05, 0.1) is 12.6 Å². The zero-order valence-electron chi connectivity index (χ0n) is 23.0. The van der Waals surface area contributed by atoms with Crippen LogP contribution in [-0.4, -0.2) is 78.5 Å². The van der Waals surface area contributed by atoms with Crippen LogP contribution in [0.4, 0.5) is 33.6 Å². The Morgan fingerprint density at radius 2 is 1.77 bits per heavy atom. The van der Waals surface area contributed by atoms with Crippen LogP contribution < -0.4 is 20.0 Å². The summed E-state index contributed by atoms with van der Waals surface area (Å²) in [6, 6.07) is 15.8. The molecule has 3 amide bonds. The summed E-state index contributed by atoms with van der Waals surface area (Å²) in [7, 11) is 3.90. The maximum absolute atomic E-state index is 13.6. The Morgan fingerprint density at radius 3 is 2.52 bits per heavy atom. The molecule has 1 unspecified atom stereocenters. The van der Waals surface area contributed by atoms with Crippen molar-refractivity contribution < 1.29 is 9.59 Å². The molecule has 0 bridgehead atoms. The molecule has 4 heterocycles. The van der Waals surface area contributed by atoms with Crippen LogP contribution in [0.2, 0.25) is 0 Å². The van der Waals surface area contributed by atoms with Crippen molar-refractivity contribution in [2.75, 3.05) is 66.8 Å². The quantitative estimate of drug-likeness (QED) is 0.491. The standard InChI is InChI=1S/C30H34N8O2/c1-4-27(39)37-14-13-26(24-7-5-6-8-25(24)37)38-20-21-19-31-29(33-28(21)35(3)30(38)40)32-22-9-11-23(12-10-22)36-17-15-34(2)16-18-36/h4-12,19,26H,1,13-18,20H2,2-3H3,(H,31,32,33). The Morgan fingerprint density at radius 1 is 1.02 bits per heavy atom. The van der Waals surface area contributed by atoms with E-state index in [1.807, 2.05) is 41.3 Å². The third-order valence-electron chi connectivity index (χ3n) is 8.05. The summed E-state index contributed by atoms with van der Waals surface area (Å²) in [5.74, 6) is 0.905. The van der Waals surface area contributed by atoms with Crippen molar-refractivity contribution in [1.82, 2.24) is 19.8 Å². The summed E-state index contributed by atoms with van der Waals surface area (Å²) in [6.45, 7) is 8.71. The summed E-state index contributed by atoms with van der Waals surface area (Å²) in [5, 5.41) is 3.29. The molecule has 1 atom stereocenters. The van der Waals surface area contributed by atoms with Crippen LogP contribution in [0.25, 0.3) is 0 Å². The molecule has 3 aliphatic heterocycles. The van der Waals surface area contributed by atoms with Crippen LogP contribution in [0.1, 0.15) is 23.6 Å². The highest BCUT2D eigenvalue weighted by Gasteiger charge is 2.38. The Hall–Kier alpha value is -4.44. The molecular formula is C30H34N8O2. The number of carbonyl (C=O) groups excluding carboxylic acids is 2. The lowest BCUT2D eigenvalue weighted by molar-refractivity contribution is -0.114. The third kappa shape index (κ3) is 4.75. The van der Waals surface area contributed by atoms with E-state index in [0.29, 0.717) is 31.3 Å². The number of hydrogen-bond donors (Lipinski definition) is 1. The summed E-state index contributed by atoms with van der Waals surface area (Å²) in [4.78, 5) is 45.2. The number of fused-ring (bicyclic) bond motifs is 2. The molecule has 10 heteroatoms. The van der Waals surface area contributed by atoms with Gasteiger partial charge >= 0.3 is 6.03 Å². The molecule has 2 aromatic carbocycles. The molecule has 1 N–H and O–H groups in total. The monoisotopic (exact) mass is 538 g/mol. The van der Waals surface area contributed by atoms with E-state index in [-0.39, 0.29) is 18.0 Å². The third-order valence-corrected chi connectivity index (χ3v) is 8.05. The molecule has 1 fully saturated rings. The first-order valence-corrected chi connectivity index (χ1v) is 13.7. The number of piperazine rings is 1. The maximum Gasteiger partial charge on any atom is 0.326 e. The highest BCUT2D eigenvalue weighted by molar-refractivity contribution is 6.02. The molecule has 3 aromatic rings. The Labute approximate surface area is 234 Å². The number of para-hydroxylation sites is 1. The van der Waals surface area contributed by atoms with Gasteiger partial charge in [0.1, 0.15) is 5.82 Å². The highest BCUT2D eigenvalue weighted by Crippen LogP contribution is 2.41. The number of likely N-dealkylation sites (N-methyl/N-ethyl adjacent to an activating group) is 1. The number of aromatic nitrogens is 2.